The molecule has 0 aromatic carbocycles. The molecule has 1 nitrogen and oxygen atoms in total. The van der Waals surface area contributed by atoms with Crippen molar-refractivity contribution in [3.05, 3.63) is 0 Å². The number of carbonyl (C=O) groups is 1. The van der Waals surface area contributed by atoms with Gasteiger partial charge in [0.2, 0.25) is 0 Å². The summed E-state index contributed by atoms with van der Waals surface area (Å²) in [6.07, 6.45) is 4.11. The first-order chi connectivity index (χ1) is 7.40. The first-order valence-corrected chi connectivity index (χ1v) is 7.01. The number of hydrogen-bond acceptors (Lipinski definition) is 1. The molecule has 3 saturated carbocycles. The van der Waals surface area contributed by atoms with Crippen LogP contribution < -0.4 is 0 Å². The normalized spacial score (nSPS) is 54.1. The Bertz CT molecular complexity index is 349. The predicted octanol–water partition coefficient (Wildman–Crippen LogP) is 3.65. The number of carbonyl (C=O) groups excluding carboxylic acids is 1. The summed E-state index contributed by atoms with van der Waals surface area (Å²) in [6, 6.07) is 0. The van der Waals surface area contributed by atoms with Crippen LogP contribution in [0, 0.1) is 28.6 Å². The minimum atomic E-state index is -0.134. The van der Waals surface area contributed by atoms with E-state index in [0.29, 0.717) is 29.0 Å². The molecule has 90 valence electrons. The van der Waals surface area contributed by atoms with Crippen molar-refractivity contribution in [2.24, 2.45) is 28.6 Å². The second kappa shape index (κ2) is 3.04. The molecule has 2 heteroatoms. The molecule has 1 spiro atoms. The molecule has 3 aliphatic rings. The zero-order chi connectivity index (χ0) is 11.7. The summed E-state index contributed by atoms with van der Waals surface area (Å²) < 4.78 is 0. The molecule has 3 aliphatic carbocycles. The van der Waals surface area contributed by atoms with Gasteiger partial charge in [0.05, 0.1) is 5.41 Å². The highest BCUT2D eigenvalue weighted by atomic mass is 35.5. The molecule has 0 radical (unpaired) electrons. The summed E-state index contributed by atoms with van der Waals surface area (Å²) in [5.41, 5.74) is 0.184. The molecule has 5 atom stereocenters. The van der Waals surface area contributed by atoms with E-state index in [-0.39, 0.29) is 10.8 Å². The quantitative estimate of drug-likeness (QED) is 0.591. The first kappa shape index (κ1) is 11.1. The Balaban J connectivity index is 2.14. The van der Waals surface area contributed by atoms with Crippen LogP contribution in [0.1, 0.15) is 46.5 Å². The highest BCUT2D eigenvalue weighted by molar-refractivity contribution is 6.23. The summed E-state index contributed by atoms with van der Waals surface area (Å²) >= 11 is 6.60. The Hall–Kier alpha value is -0.0400. The van der Waals surface area contributed by atoms with E-state index in [9.17, 15) is 4.79 Å². The van der Waals surface area contributed by atoms with E-state index in [2.05, 4.69) is 20.8 Å². The molecule has 3 fully saturated rings. The van der Waals surface area contributed by atoms with Crippen molar-refractivity contribution >= 4 is 17.4 Å². The molecule has 0 bridgehead atoms. The monoisotopic (exact) mass is 240 g/mol. The number of rotatable bonds is 0. The smallest absolute Gasteiger partial charge is 0.141 e. The zero-order valence-corrected chi connectivity index (χ0v) is 11.2. The summed E-state index contributed by atoms with van der Waals surface area (Å²) in [5.74, 6) is 2.22. The van der Waals surface area contributed by atoms with Crippen molar-refractivity contribution in [2.75, 3.05) is 0 Å². The first-order valence-electron chi connectivity index (χ1n) is 6.58. The van der Waals surface area contributed by atoms with Crippen LogP contribution in [0.5, 0.6) is 0 Å². The molecule has 3 rings (SSSR count). The molecule has 0 aliphatic heterocycles. The standard InChI is InChI=1S/C14H21ClO/c1-8-6-11(15)14-9(8)7-13(2,3)10(14)4-5-12(14)16/h8-11H,4-7H2,1-3H3/t8-,9+,10-,11+,14?/m1/s1. The molecule has 0 amide bonds. The van der Waals surface area contributed by atoms with E-state index in [1.54, 1.807) is 0 Å². The fraction of sp³-hybridized carbons (Fsp3) is 0.929. The van der Waals surface area contributed by atoms with Crippen LogP contribution in [0.25, 0.3) is 0 Å². The van der Waals surface area contributed by atoms with E-state index >= 15 is 0 Å². The van der Waals surface area contributed by atoms with E-state index in [4.69, 9.17) is 11.6 Å². The maximum Gasteiger partial charge on any atom is 0.141 e. The molecule has 0 saturated heterocycles. The average Bonchev–Trinajstić information content (AvgIpc) is 2.71. The summed E-state index contributed by atoms with van der Waals surface area (Å²) in [5, 5.41) is 0.106. The van der Waals surface area contributed by atoms with Crippen LogP contribution in [0.2, 0.25) is 0 Å². The lowest BCUT2D eigenvalue weighted by Gasteiger charge is -2.35. The number of halogens is 1. The van der Waals surface area contributed by atoms with Crippen LogP contribution in [-0.4, -0.2) is 11.2 Å². The Morgan fingerprint density at radius 1 is 1.38 bits per heavy atom. The average molecular weight is 241 g/mol. The lowest BCUT2D eigenvalue weighted by atomic mass is 9.70. The van der Waals surface area contributed by atoms with Gasteiger partial charge in [0, 0.05) is 11.8 Å². The van der Waals surface area contributed by atoms with E-state index in [1.807, 2.05) is 0 Å². The molecule has 16 heavy (non-hydrogen) atoms. The predicted molar refractivity (Wildman–Crippen MR) is 65.5 cm³/mol. The topological polar surface area (TPSA) is 17.1 Å². The molecular weight excluding hydrogens is 220 g/mol. The largest absolute Gasteiger partial charge is 0.299 e. The van der Waals surface area contributed by atoms with Gasteiger partial charge in [0.25, 0.3) is 0 Å². The third-order valence-electron chi connectivity index (χ3n) is 5.81. The minimum Gasteiger partial charge on any atom is -0.299 e. The van der Waals surface area contributed by atoms with Crippen LogP contribution in [0.3, 0.4) is 0 Å². The van der Waals surface area contributed by atoms with E-state index < -0.39 is 0 Å². The molecule has 0 heterocycles. The Kier molecular flexibility index (Phi) is 2.11. The fourth-order valence-corrected chi connectivity index (χ4v) is 6.01. The van der Waals surface area contributed by atoms with Gasteiger partial charge in [0.1, 0.15) is 5.78 Å². The number of hydrogen-bond donors (Lipinski definition) is 0. The van der Waals surface area contributed by atoms with Crippen molar-refractivity contribution in [3.63, 3.8) is 0 Å². The van der Waals surface area contributed by atoms with Crippen molar-refractivity contribution in [3.8, 4) is 0 Å². The molecule has 1 unspecified atom stereocenters. The van der Waals surface area contributed by atoms with Gasteiger partial charge in [0.15, 0.2) is 0 Å². The van der Waals surface area contributed by atoms with Gasteiger partial charge in [-0.05, 0) is 42.4 Å². The SMILES string of the molecule is C[C@@H]1C[C@H](Cl)C23C(=O)CC[C@@H]2C(C)(C)C[C@@H]13. The maximum absolute atomic E-state index is 12.4. The van der Waals surface area contributed by atoms with Crippen LogP contribution in [0.15, 0.2) is 0 Å². The number of ketones is 1. The minimum absolute atomic E-state index is 0.106. The van der Waals surface area contributed by atoms with Gasteiger partial charge < -0.3 is 0 Å². The van der Waals surface area contributed by atoms with E-state index in [0.717, 1.165) is 19.3 Å². The van der Waals surface area contributed by atoms with Gasteiger partial charge >= 0.3 is 0 Å². The summed E-state index contributed by atoms with van der Waals surface area (Å²) in [6.45, 7) is 6.97. The van der Waals surface area contributed by atoms with Gasteiger partial charge in [-0.1, -0.05) is 20.8 Å². The molecule has 0 N–H and O–H groups in total. The third-order valence-corrected chi connectivity index (χ3v) is 6.35. The van der Waals surface area contributed by atoms with Gasteiger partial charge in [-0.15, -0.1) is 11.6 Å². The van der Waals surface area contributed by atoms with Crippen molar-refractivity contribution < 1.29 is 4.79 Å². The van der Waals surface area contributed by atoms with Crippen molar-refractivity contribution in [2.45, 2.75) is 51.8 Å². The third kappa shape index (κ3) is 1.02. The molecule has 0 aromatic rings. The lowest BCUT2D eigenvalue weighted by molar-refractivity contribution is -0.128. The Morgan fingerprint density at radius 2 is 2.06 bits per heavy atom. The summed E-state index contributed by atoms with van der Waals surface area (Å²) in [4.78, 5) is 12.4. The van der Waals surface area contributed by atoms with Crippen LogP contribution >= 0.6 is 11.6 Å². The van der Waals surface area contributed by atoms with Gasteiger partial charge in [-0.2, -0.15) is 0 Å². The number of alkyl halides is 1. The lowest BCUT2D eigenvalue weighted by Crippen LogP contribution is -2.40. The Morgan fingerprint density at radius 3 is 2.75 bits per heavy atom. The fourth-order valence-electron chi connectivity index (χ4n) is 5.29. The second-order valence-corrected chi connectivity index (χ2v) is 7.45. The molecule has 0 aromatic heterocycles. The summed E-state index contributed by atoms with van der Waals surface area (Å²) in [7, 11) is 0. The van der Waals surface area contributed by atoms with Crippen molar-refractivity contribution in [1.29, 1.82) is 0 Å². The van der Waals surface area contributed by atoms with E-state index in [1.165, 1.54) is 6.42 Å². The van der Waals surface area contributed by atoms with Crippen LogP contribution in [-0.2, 0) is 4.79 Å². The Labute approximate surface area is 103 Å². The van der Waals surface area contributed by atoms with Crippen molar-refractivity contribution in [1.82, 2.24) is 0 Å². The molecular formula is C14H21ClO. The van der Waals surface area contributed by atoms with Gasteiger partial charge in [-0.25, -0.2) is 0 Å². The number of Topliss-reactive ketones (excluding diaryl/α,β-unsaturated/α-hetero) is 1. The second-order valence-electron chi connectivity index (χ2n) is 6.93. The maximum atomic E-state index is 12.4. The van der Waals surface area contributed by atoms with Crippen LogP contribution in [0.4, 0.5) is 0 Å². The highest BCUT2D eigenvalue weighted by Crippen LogP contribution is 2.71. The highest BCUT2D eigenvalue weighted by Gasteiger charge is 2.70. The van der Waals surface area contributed by atoms with Gasteiger partial charge in [-0.3, -0.25) is 4.79 Å². The zero-order valence-electron chi connectivity index (χ0n) is 10.4.